The van der Waals surface area contributed by atoms with Gasteiger partial charge in [-0.15, -0.1) is 0 Å². The molecule has 1 aromatic carbocycles. The topological polar surface area (TPSA) is 110 Å². The Morgan fingerprint density at radius 1 is 1.27 bits per heavy atom. The summed E-state index contributed by atoms with van der Waals surface area (Å²) in [5, 5.41) is 30.5. The van der Waals surface area contributed by atoms with E-state index in [1.165, 1.54) is 7.05 Å². The number of nitro benzene ring substituents is 2. The standard InChI is InChI=1S/C7H7N3O5/c1-8(11)6-3-2-5(9(12)13)4-7(6)10(14)15/h2-4,11H,1H3. The van der Waals surface area contributed by atoms with Crippen LogP contribution < -0.4 is 5.06 Å². The van der Waals surface area contributed by atoms with Gasteiger partial charge < -0.3 is 0 Å². The van der Waals surface area contributed by atoms with Gasteiger partial charge in [0.1, 0.15) is 5.69 Å². The summed E-state index contributed by atoms with van der Waals surface area (Å²) in [4.78, 5) is 19.4. The van der Waals surface area contributed by atoms with E-state index in [9.17, 15) is 20.2 Å². The van der Waals surface area contributed by atoms with Gasteiger partial charge in [0.15, 0.2) is 0 Å². The van der Waals surface area contributed by atoms with E-state index in [0.29, 0.717) is 5.06 Å². The van der Waals surface area contributed by atoms with E-state index in [2.05, 4.69) is 0 Å². The molecule has 0 amide bonds. The number of benzene rings is 1. The molecular formula is C7H7N3O5. The summed E-state index contributed by atoms with van der Waals surface area (Å²) < 4.78 is 0. The third-order valence-corrected chi connectivity index (χ3v) is 1.72. The number of nitro groups is 2. The second-order valence-electron chi connectivity index (χ2n) is 2.71. The fourth-order valence-corrected chi connectivity index (χ4v) is 1.05. The Labute approximate surface area is 83.6 Å². The van der Waals surface area contributed by atoms with Crippen molar-refractivity contribution >= 4 is 17.1 Å². The first-order chi connectivity index (χ1) is 6.93. The van der Waals surface area contributed by atoms with Gasteiger partial charge in [-0.2, -0.15) is 0 Å². The molecule has 0 radical (unpaired) electrons. The average Bonchev–Trinajstić information content (AvgIpc) is 2.16. The van der Waals surface area contributed by atoms with Crippen molar-refractivity contribution in [1.82, 2.24) is 0 Å². The SMILES string of the molecule is CN(O)c1ccc([N+](=O)[O-])cc1[N+](=O)[O-]. The van der Waals surface area contributed by atoms with Gasteiger partial charge in [-0.1, -0.05) is 0 Å². The lowest BCUT2D eigenvalue weighted by molar-refractivity contribution is -0.393. The minimum atomic E-state index is -0.797. The highest BCUT2D eigenvalue weighted by Gasteiger charge is 2.20. The van der Waals surface area contributed by atoms with Crippen LogP contribution in [0.3, 0.4) is 0 Å². The summed E-state index contributed by atoms with van der Waals surface area (Å²) in [5.41, 5.74) is -1.02. The Kier molecular flexibility index (Phi) is 2.81. The zero-order valence-corrected chi connectivity index (χ0v) is 7.65. The molecule has 0 heterocycles. The van der Waals surface area contributed by atoms with Crippen molar-refractivity contribution in [2.24, 2.45) is 0 Å². The smallest absolute Gasteiger partial charge is 0.288 e. The Morgan fingerprint density at radius 3 is 2.27 bits per heavy atom. The maximum absolute atomic E-state index is 10.5. The van der Waals surface area contributed by atoms with Crippen molar-refractivity contribution in [3.05, 3.63) is 38.4 Å². The maximum Gasteiger partial charge on any atom is 0.301 e. The lowest BCUT2D eigenvalue weighted by Crippen LogP contribution is -2.12. The van der Waals surface area contributed by atoms with E-state index >= 15 is 0 Å². The van der Waals surface area contributed by atoms with Crippen LogP contribution in [0.5, 0.6) is 0 Å². The number of rotatable bonds is 3. The average molecular weight is 213 g/mol. The molecular weight excluding hydrogens is 206 g/mol. The summed E-state index contributed by atoms with van der Waals surface area (Å²) in [6, 6.07) is 2.98. The van der Waals surface area contributed by atoms with Gasteiger partial charge in [-0.25, -0.2) is 0 Å². The Morgan fingerprint density at radius 2 is 1.87 bits per heavy atom. The zero-order chi connectivity index (χ0) is 11.6. The highest BCUT2D eigenvalue weighted by atomic mass is 16.6. The second-order valence-corrected chi connectivity index (χ2v) is 2.71. The molecule has 0 aromatic heterocycles. The summed E-state index contributed by atoms with van der Waals surface area (Å²) >= 11 is 0. The predicted molar refractivity (Wildman–Crippen MR) is 49.9 cm³/mol. The molecule has 15 heavy (non-hydrogen) atoms. The number of nitrogens with zero attached hydrogens (tertiary/aromatic N) is 3. The third kappa shape index (κ3) is 2.17. The molecule has 0 aliphatic heterocycles. The summed E-state index contributed by atoms with van der Waals surface area (Å²) in [6.07, 6.45) is 0. The van der Waals surface area contributed by atoms with Crippen molar-refractivity contribution in [2.75, 3.05) is 12.1 Å². The second kappa shape index (κ2) is 3.88. The number of hydroxylamine groups is 1. The van der Waals surface area contributed by atoms with Crippen molar-refractivity contribution in [3.8, 4) is 0 Å². The van der Waals surface area contributed by atoms with Gasteiger partial charge in [0.05, 0.1) is 15.9 Å². The van der Waals surface area contributed by atoms with Crippen LogP contribution in [0, 0.1) is 20.2 Å². The first kappa shape index (κ1) is 10.9. The van der Waals surface area contributed by atoms with Crippen molar-refractivity contribution in [3.63, 3.8) is 0 Å². The molecule has 0 unspecified atom stereocenters. The number of anilines is 1. The molecule has 0 spiro atoms. The highest BCUT2D eigenvalue weighted by molar-refractivity contribution is 5.65. The molecule has 1 rings (SSSR count). The first-order valence-electron chi connectivity index (χ1n) is 3.79. The van der Waals surface area contributed by atoms with Gasteiger partial charge in [0.25, 0.3) is 5.69 Å². The van der Waals surface area contributed by atoms with Crippen LogP contribution in [0.2, 0.25) is 0 Å². The predicted octanol–water partition coefficient (Wildman–Crippen LogP) is 1.33. The molecule has 1 N–H and O–H groups in total. The van der Waals surface area contributed by atoms with Gasteiger partial charge in [-0.3, -0.25) is 30.5 Å². The first-order valence-corrected chi connectivity index (χ1v) is 3.79. The molecule has 0 fully saturated rings. The Balaban J connectivity index is 3.33. The number of hydrogen-bond acceptors (Lipinski definition) is 6. The summed E-state index contributed by atoms with van der Waals surface area (Å²) in [5.74, 6) is 0. The van der Waals surface area contributed by atoms with Crippen LogP contribution in [0.4, 0.5) is 17.1 Å². The van der Waals surface area contributed by atoms with Crippen molar-refractivity contribution in [2.45, 2.75) is 0 Å². The van der Waals surface area contributed by atoms with Crippen LogP contribution in [0.15, 0.2) is 18.2 Å². The van der Waals surface area contributed by atoms with E-state index in [1.54, 1.807) is 0 Å². The Bertz CT molecular complexity index is 417. The van der Waals surface area contributed by atoms with Crippen LogP contribution in [-0.2, 0) is 0 Å². The maximum atomic E-state index is 10.5. The lowest BCUT2D eigenvalue weighted by atomic mass is 10.2. The third-order valence-electron chi connectivity index (χ3n) is 1.72. The van der Waals surface area contributed by atoms with Crippen molar-refractivity contribution < 1.29 is 15.1 Å². The van der Waals surface area contributed by atoms with Crippen LogP contribution in [0.1, 0.15) is 0 Å². The van der Waals surface area contributed by atoms with Crippen LogP contribution in [0.25, 0.3) is 0 Å². The molecule has 8 heteroatoms. The van der Waals surface area contributed by atoms with E-state index in [-0.39, 0.29) is 5.69 Å². The number of non-ortho nitro benzene ring substituents is 1. The quantitative estimate of drug-likeness (QED) is 0.598. The minimum Gasteiger partial charge on any atom is -0.288 e. The lowest BCUT2D eigenvalue weighted by Gasteiger charge is -2.09. The van der Waals surface area contributed by atoms with Crippen molar-refractivity contribution in [1.29, 1.82) is 0 Å². The largest absolute Gasteiger partial charge is 0.301 e. The van der Waals surface area contributed by atoms with E-state index in [1.807, 2.05) is 0 Å². The molecule has 0 bridgehead atoms. The van der Waals surface area contributed by atoms with Crippen LogP contribution >= 0.6 is 0 Å². The van der Waals surface area contributed by atoms with Gasteiger partial charge in [0.2, 0.25) is 0 Å². The van der Waals surface area contributed by atoms with Gasteiger partial charge >= 0.3 is 5.69 Å². The molecule has 0 saturated heterocycles. The highest BCUT2D eigenvalue weighted by Crippen LogP contribution is 2.30. The number of hydrogen-bond donors (Lipinski definition) is 1. The Hall–Kier alpha value is -2.22. The van der Waals surface area contributed by atoms with Gasteiger partial charge in [-0.05, 0) is 6.07 Å². The normalized spacial score (nSPS) is 9.73. The van der Waals surface area contributed by atoms with Gasteiger partial charge in [0, 0.05) is 13.1 Å². The molecule has 0 aliphatic rings. The molecule has 80 valence electrons. The molecule has 0 saturated carbocycles. The fraction of sp³-hybridized carbons (Fsp3) is 0.143. The summed E-state index contributed by atoms with van der Waals surface area (Å²) in [6.45, 7) is 0. The van der Waals surface area contributed by atoms with E-state index < -0.39 is 21.2 Å². The molecule has 1 aromatic rings. The minimum absolute atomic E-state index is 0.106. The van der Waals surface area contributed by atoms with E-state index in [4.69, 9.17) is 5.21 Å². The summed E-state index contributed by atoms with van der Waals surface area (Å²) in [7, 11) is 1.19. The van der Waals surface area contributed by atoms with Crippen LogP contribution in [-0.4, -0.2) is 22.1 Å². The fourth-order valence-electron chi connectivity index (χ4n) is 1.05. The monoisotopic (exact) mass is 213 g/mol. The molecule has 0 aliphatic carbocycles. The van der Waals surface area contributed by atoms with E-state index in [0.717, 1.165) is 18.2 Å². The zero-order valence-electron chi connectivity index (χ0n) is 7.65. The molecule has 8 nitrogen and oxygen atoms in total. The molecule has 0 atom stereocenters.